The van der Waals surface area contributed by atoms with Crippen LogP contribution in [0.1, 0.15) is 22.6 Å². The molecule has 1 amide bonds. The van der Waals surface area contributed by atoms with Gasteiger partial charge >= 0.3 is 6.09 Å². The smallest absolute Gasteiger partial charge is 0.407 e. The third-order valence-corrected chi connectivity index (χ3v) is 6.39. The van der Waals surface area contributed by atoms with Crippen LogP contribution in [-0.2, 0) is 4.74 Å². The molecule has 3 aromatic carbocycles. The lowest BCUT2D eigenvalue weighted by molar-refractivity contribution is 0.144. The first-order chi connectivity index (χ1) is 16.3. The Hall–Kier alpha value is -3.57. The van der Waals surface area contributed by atoms with Gasteiger partial charge in [0, 0.05) is 44.3 Å². The summed E-state index contributed by atoms with van der Waals surface area (Å²) in [5.74, 6) is 0.0768. The number of carbonyl (C=O) groups excluding carboxylic acids is 1. The SMILES string of the molecule is O=C(NCC=Cc1ccc(N2CCNCC2)cc1)OCC1c2ccccc2-c2ccccc21. The molecule has 1 heterocycles. The monoisotopic (exact) mass is 439 g/mol. The minimum atomic E-state index is -0.393. The number of hydrogen-bond acceptors (Lipinski definition) is 4. The van der Waals surface area contributed by atoms with Crippen molar-refractivity contribution in [2.75, 3.05) is 44.2 Å². The Morgan fingerprint density at radius 3 is 2.24 bits per heavy atom. The van der Waals surface area contributed by atoms with Crippen LogP contribution in [0.25, 0.3) is 17.2 Å². The van der Waals surface area contributed by atoms with Crippen molar-refractivity contribution in [3.8, 4) is 11.1 Å². The number of rotatable bonds is 6. The number of fused-ring (bicyclic) bond motifs is 3. The van der Waals surface area contributed by atoms with Crippen LogP contribution in [0.3, 0.4) is 0 Å². The van der Waals surface area contributed by atoms with E-state index in [1.54, 1.807) is 0 Å². The summed E-state index contributed by atoms with van der Waals surface area (Å²) in [5.41, 5.74) is 7.26. The standard InChI is InChI=1S/C28H29N3O2/c32-28(30-15-5-6-21-11-13-22(14-12-21)31-18-16-29-17-19-31)33-20-27-25-9-3-1-7-23(25)24-8-2-4-10-26(24)27/h1-14,27,29H,15-20H2,(H,30,32). The van der Waals surface area contributed by atoms with E-state index >= 15 is 0 Å². The molecule has 0 bridgehead atoms. The maximum Gasteiger partial charge on any atom is 0.407 e. The van der Waals surface area contributed by atoms with E-state index in [-0.39, 0.29) is 5.92 Å². The number of anilines is 1. The van der Waals surface area contributed by atoms with Gasteiger partial charge in [-0.05, 0) is 39.9 Å². The van der Waals surface area contributed by atoms with Gasteiger partial charge in [-0.3, -0.25) is 0 Å². The van der Waals surface area contributed by atoms with Crippen LogP contribution in [-0.4, -0.2) is 45.4 Å². The van der Waals surface area contributed by atoms with Crippen molar-refractivity contribution in [3.63, 3.8) is 0 Å². The van der Waals surface area contributed by atoms with Gasteiger partial charge < -0.3 is 20.3 Å². The normalized spacial score (nSPS) is 15.3. The second-order valence-electron chi connectivity index (χ2n) is 8.44. The number of hydrogen-bond donors (Lipinski definition) is 2. The number of ether oxygens (including phenoxy) is 1. The van der Waals surface area contributed by atoms with Gasteiger partial charge in [0.2, 0.25) is 0 Å². The van der Waals surface area contributed by atoms with Crippen LogP contribution in [0.5, 0.6) is 0 Å². The van der Waals surface area contributed by atoms with E-state index in [4.69, 9.17) is 4.74 Å². The van der Waals surface area contributed by atoms with E-state index < -0.39 is 6.09 Å². The van der Waals surface area contributed by atoms with E-state index in [1.807, 2.05) is 24.3 Å². The van der Waals surface area contributed by atoms with Gasteiger partial charge in [0.1, 0.15) is 6.61 Å². The molecular weight excluding hydrogens is 410 g/mol. The van der Waals surface area contributed by atoms with Crippen LogP contribution >= 0.6 is 0 Å². The number of piperazine rings is 1. The summed E-state index contributed by atoms with van der Waals surface area (Å²) >= 11 is 0. The van der Waals surface area contributed by atoms with E-state index in [0.29, 0.717) is 13.2 Å². The summed E-state index contributed by atoms with van der Waals surface area (Å²) in [5, 5.41) is 6.20. The summed E-state index contributed by atoms with van der Waals surface area (Å²) in [6.45, 7) is 4.90. The van der Waals surface area contributed by atoms with Crippen molar-refractivity contribution < 1.29 is 9.53 Å². The quantitative estimate of drug-likeness (QED) is 0.587. The highest BCUT2D eigenvalue weighted by atomic mass is 16.5. The van der Waals surface area contributed by atoms with Gasteiger partial charge in [0.05, 0.1) is 0 Å². The number of alkyl carbamates (subject to hydrolysis) is 1. The lowest BCUT2D eigenvalue weighted by atomic mass is 9.98. The van der Waals surface area contributed by atoms with Crippen molar-refractivity contribution in [1.29, 1.82) is 0 Å². The predicted octanol–water partition coefficient (Wildman–Crippen LogP) is 4.65. The zero-order valence-corrected chi connectivity index (χ0v) is 18.7. The van der Waals surface area contributed by atoms with Gasteiger partial charge in [-0.1, -0.05) is 72.8 Å². The van der Waals surface area contributed by atoms with Gasteiger partial charge in [0.15, 0.2) is 0 Å². The number of benzene rings is 3. The number of amides is 1. The maximum atomic E-state index is 12.3. The van der Waals surface area contributed by atoms with Crippen molar-refractivity contribution in [3.05, 3.63) is 95.6 Å². The lowest BCUT2D eigenvalue weighted by Gasteiger charge is -2.29. The first-order valence-electron chi connectivity index (χ1n) is 11.6. The Labute approximate surface area is 195 Å². The molecular formula is C28H29N3O2. The van der Waals surface area contributed by atoms with Crippen molar-refractivity contribution in [2.24, 2.45) is 0 Å². The maximum absolute atomic E-state index is 12.3. The summed E-state index contributed by atoms with van der Waals surface area (Å²) < 4.78 is 5.58. The zero-order valence-electron chi connectivity index (χ0n) is 18.7. The van der Waals surface area contributed by atoms with Gasteiger partial charge in [-0.2, -0.15) is 0 Å². The average molecular weight is 440 g/mol. The Bertz CT molecular complexity index is 1090. The lowest BCUT2D eigenvalue weighted by Crippen LogP contribution is -2.43. The number of nitrogens with zero attached hydrogens (tertiary/aromatic N) is 1. The molecule has 33 heavy (non-hydrogen) atoms. The average Bonchev–Trinajstić information content (AvgIpc) is 3.20. The van der Waals surface area contributed by atoms with Gasteiger partial charge in [-0.25, -0.2) is 4.79 Å². The highest BCUT2D eigenvalue weighted by molar-refractivity contribution is 5.79. The fraction of sp³-hybridized carbons (Fsp3) is 0.250. The van der Waals surface area contributed by atoms with Crippen molar-refractivity contribution in [1.82, 2.24) is 10.6 Å². The molecule has 0 saturated carbocycles. The molecule has 3 aromatic rings. The van der Waals surface area contributed by atoms with Crippen LogP contribution in [0.15, 0.2) is 78.9 Å². The second-order valence-corrected chi connectivity index (χ2v) is 8.44. The molecule has 5 heteroatoms. The Balaban J connectivity index is 1.11. The Kier molecular flexibility index (Phi) is 6.40. The molecule has 0 radical (unpaired) electrons. The van der Waals surface area contributed by atoms with Crippen LogP contribution in [0.4, 0.5) is 10.5 Å². The molecule has 1 aliphatic heterocycles. The topological polar surface area (TPSA) is 53.6 Å². The molecule has 2 aliphatic rings. The molecule has 0 unspecified atom stereocenters. The molecule has 1 aliphatic carbocycles. The summed E-state index contributed by atoms with van der Waals surface area (Å²) in [4.78, 5) is 14.7. The molecule has 0 atom stereocenters. The number of carbonyl (C=O) groups is 1. The van der Waals surface area contributed by atoms with E-state index in [0.717, 1.165) is 31.7 Å². The van der Waals surface area contributed by atoms with Gasteiger partial charge in [-0.15, -0.1) is 0 Å². The number of nitrogens with one attached hydrogen (secondary N) is 2. The third-order valence-electron chi connectivity index (χ3n) is 6.39. The Morgan fingerprint density at radius 1 is 0.939 bits per heavy atom. The van der Waals surface area contributed by atoms with Crippen molar-refractivity contribution >= 4 is 17.9 Å². The molecule has 2 N–H and O–H groups in total. The fourth-order valence-electron chi connectivity index (χ4n) is 4.71. The summed E-state index contributed by atoms with van der Waals surface area (Å²) in [6, 6.07) is 25.2. The zero-order chi connectivity index (χ0) is 22.5. The van der Waals surface area contributed by atoms with Crippen LogP contribution < -0.4 is 15.5 Å². The fourth-order valence-corrected chi connectivity index (χ4v) is 4.71. The molecule has 1 saturated heterocycles. The summed E-state index contributed by atoms with van der Waals surface area (Å²) in [6.07, 6.45) is 3.57. The molecule has 0 spiro atoms. The minimum absolute atomic E-state index is 0.0768. The highest BCUT2D eigenvalue weighted by Crippen LogP contribution is 2.44. The molecule has 0 aromatic heterocycles. The first-order valence-corrected chi connectivity index (χ1v) is 11.6. The van der Waals surface area contributed by atoms with Crippen LogP contribution in [0, 0.1) is 0 Å². The molecule has 168 valence electrons. The Morgan fingerprint density at radius 2 is 1.58 bits per heavy atom. The molecule has 1 fully saturated rings. The van der Waals surface area contributed by atoms with Gasteiger partial charge in [0.25, 0.3) is 0 Å². The highest BCUT2D eigenvalue weighted by Gasteiger charge is 2.28. The molecule has 5 nitrogen and oxygen atoms in total. The van der Waals surface area contributed by atoms with Crippen molar-refractivity contribution in [2.45, 2.75) is 5.92 Å². The largest absolute Gasteiger partial charge is 0.449 e. The third kappa shape index (κ3) is 4.78. The summed E-state index contributed by atoms with van der Waals surface area (Å²) in [7, 11) is 0. The minimum Gasteiger partial charge on any atom is -0.449 e. The van der Waals surface area contributed by atoms with Crippen LogP contribution in [0.2, 0.25) is 0 Å². The van der Waals surface area contributed by atoms with E-state index in [9.17, 15) is 4.79 Å². The van der Waals surface area contributed by atoms with E-state index in [1.165, 1.54) is 27.9 Å². The first kappa shape index (κ1) is 21.3. The van der Waals surface area contributed by atoms with E-state index in [2.05, 4.69) is 76.2 Å². The predicted molar refractivity (Wildman–Crippen MR) is 134 cm³/mol. The second kappa shape index (κ2) is 9.92. The molecule has 5 rings (SSSR count).